The molecule has 2 rings (SSSR count). The number of ether oxygens (including phenoxy) is 1. The van der Waals surface area contributed by atoms with Crippen molar-refractivity contribution in [2.24, 2.45) is 0 Å². The van der Waals surface area contributed by atoms with Gasteiger partial charge in [-0.3, -0.25) is 24.2 Å². The van der Waals surface area contributed by atoms with Crippen molar-refractivity contribution in [2.45, 2.75) is 43.0 Å². The summed E-state index contributed by atoms with van der Waals surface area (Å²) in [5, 5.41) is 12.8. The number of fused-ring (bicyclic) bond motifs is 1. The summed E-state index contributed by atoms with van der Waals surface area (Å²) < 4.78 is 145. The maximum Gasteiger partial charge on any atom is 0.455 e. The number of alkyl halides is 11. The van der Waals surface area contributed by atoms with E-state index in [0.717, 1.165) is 29.6 Å². The zero-order chi connectivity index (χ0) is 32.5. The van der Waals surface area contributed by atoms with Crippen LogP contribution in [0.5, 0.6) is 0 Å². The van der Waals surface area contributed by atoms with Gasteiger partial charge in [-0.1, -0.05) is 12.1 Å². The van der Waals surface area contributed by atoms with E-state index >= 15 is 0 Å². The van der Waals surface area contributed by atoms with Gasteiger partial charge in [-0.2, -0.15) is 48.3 Å². The normalized spacial score (nSPS) is 18.0. The molecule has 0 radical (unpaired) electrons. The number of rotatable bonds is 7. The Morgan fingerprint density at radius 3 is 1.98 bits per heavy atom. The molecule has 0 saturated carbocycles. The lowest BCUT2D eigenvalue weighted by molar-refractivity contribution is -0.278. The molecule has 1 unspecified atom stereocenters. The SMILES string of the molecule is CC(O)(C(=O)NCC(F)(F)C(F)(F)F)C(=O)N[C@H]1CN(C(=O)OCC(F)(F)F)c2ccccc2N(CC(F)(F)F)C1=O. The monoisotopic (exact) mass is 632 g/mol. The van der Waals surface area contributed by atoms with Crippen LogP contribution in [0.1, 0.15) is 6.92 Å². The van der Waals surface area contributed by atoms with E-state index in [1.807, 2.05) is 0 Å². The van der Waals surface area contributed by atoms with E-state index < -0.39 is 97.5 Å². The minimum absolute atomic E-state index is 0.0318. The molecular formula is C21H19F11N4O6. The van der Waals surface area contributed by atoms with Crippen molar-refractivity contribution in [1.29, 1.82) is 0 Å². The summed E-state index contributed by atoms with van der Waals surface area (Å²) in [4.78, 5) is 50.6. The number of hydrogen-bond acceptors (Lipinski definition) is 6. The third-order valence-electron chi connectivity index (χ3n) is 5.38. The van der Waals surface area contributed by atoms with E-state index in [0.29, 0.717) is 0 Å². The molecule has 3 N–H and O–H groups in total. The number of halogens is 11. The molecule has 1 aliphatic heterocycles. The van der Waals surface area contributed by atoms with Crippen molar-refractivity contribution in [3.05, 3.63) is 24.3 Å². The number of aliphatic hydroxyl groups is 1. The minimum Gasteiger partial charge on any atom is -0.439 e. The van der Waals surface area contributed by atoms with Gasteiger partial charge >= 0.3 is 30.5 Å². The predicted octanol–water partition coefficient (Wildman–Crippen LogP) is 2.65. The van der Waals surface area contributed by atoms with Crippen LogP contribution in [0.3, 0.4) is 0 Å². The Bertz CT molecular complexity index is 1200. The standard InChI is InChI=1S/C21H19F11N4O6/c1-17(41,14(38)33-7-18(22,23)21(30,31)32)15(39)34-10-6-35(16(40)42-9-20(27,28)29)11-4-2-3-5-12(11)36(13(10)37)8-19(24,25)26/h2-5,10,41H,6-9H2,1H3,(H,33,38)(H,34,39)/t10-,17?/m0/s1. The molecule has 0 spiro atoms. The summed E-state index contributed by atoms with van der Waals surface area (Å²) in [6.45, 7) is -7.70. The van der Waals surface area contributed by atoms with Crippen LogP contribution in [-0.2, 0) is 19.1 Å². The van der Waals surface area contributed by atoms with Gasteiger partial charge in [-0.15, -0.1) is 0 Å². The molecule has 21 heteroatoms. The molecule has 1 aliphatic rings. The van der Waals surface area contributed by atoms with Gasteiger partial charge in [-0.25, -0.2) is 4.79 Å². The molecule has 10 nitrogen and oxygen atoms in total. The average Bonchev–Trinajstić information content (AvgIpc) is 2.94. The second-order valence-corrected chi connectivity index (χ2v) is 8.79. The first-order chi connectivity index (χ1) is 18.9. The average molecular weight is 632 g/mol. The minimum atomic E-state index is -6.15. The number of carbonyl (C=O) groups excluding carboxylic acids is 4. The second kappa shape index (κ2) is 11.8. The van der Waals surface area contributed by atoms with Crippen LogP contribution >= 0.6 is 0 Å². The lowest BCUT2D eigenvalue weighted by Crippen LogP contribution is -2.62. The van der Waals surface area contributed by atoms with Gasteiger partial charge in [0, 0.05) is 0 Å². The van der Waals surface area contributed by atoms with Gasteiger partial charge in [0.25, 0.3) is 17.7 Å². The predicted molar refractivity (Wildman–Crippen MR) is 116 cm³/mol. The van der Waals surface area contributed by atoms with Gasteiger partial charge in [-0.05, 0) is 19.1 Å². The number of para-hydroxylation sites is 2. The largest absolute Gasteiger partial charge is 0.455 e. The lowest BCUT2D eigenvalue weighted by atomic mass is 10.0. The molecule has 2 atom stereocenters. The van der Waals surface area contributed by atoms with Gasteiger partial charge in [0.2, 0.25) is 5.60 Å². The van der Waals surface area contributed by atoms with Gasteiger partial charge in [0.1, 0.15) is 12.6 Å². The number of nitrogens with one attached hydrogen (secondary N) is 2. The Morgan fingerprint density at radius 1 is 0.929 bits per heavy atom. The summed E-state index contributed by atoms with van der Waals surface area (Å²) >= 11 is 0. The number of carbonyl (C=O) groups is 4. The first-order valence-corrected chi connectivity index (χ1v) is 11.1. The zero-order valence-corrected chi connectivity index (χ0v) is 20.8. The summed E-state index contributed by atoms with van der Waals surface area (Å²) in [6.07, 6.45) is -18.2. The Hall–Kier alpha value is -3.91. The number of nitrogens with zero attached hydrogens (tertiary/aromatic N) is 2. The number of anilines is 2. The molecule has 1 heterocycles. The highest BCUT2D eigenvalue weighted by molar-refractivity contribution is 6.11. The molecule has 0 saturated heterocycles. The van der Waals surface area contributed by atoms with Crippen LogP contribution in [0, 0.1) is 0 Å². The zero-order valence-electron chi connectivity index (χ0n) is 20.8. The van der Waals surface area contributed by atoms with Crippen LogP contribution in [0.2, 0.25) is 0 Å². The summed E-state index contributed by atoms with van der Waals surface area (Å²) in [5.41, 5.74) is -4.84. The van der Waals surface area contributed by atoms with E-state index in [1.165, 1.54) is 0 Å². The smallest absolute Gasteiger partial charge is 0.439 e. The number of amides is 4. The first kappa shape index (κ1) is 34.3. The quantitative estimate of drug-likeness (QED) is 0.314. The van der Waals surface area contributed by atoms with Crippen LogP contribution in [0.15, 0.2) is 24.3 Å². The Labute approximate surface area is 227 Å². The maximum atomic E-state index is 13.4. The highest BCUT2D eigenvalue weighted by atomic mass is 19.4. The van der Waals surface area contributed by atoms with Crippen molar-refractivity contribution in [3.63, 3.8) is 0 Å². The molecule has 1 aromatic carbocycles. The van der Waals surface area contributed by atoms with E-state index in [-0.39, 0.29) is 16.7 Å². The van der Waals surface area contributed by atoms with Crippen LogP contribution in [0.4, 0.5) is 64.5 Å². The van der Waals surface area contributed by atoms with Crippen molar-refractivity contribution in [1.82, 2.24) is 10.6 Å². The van der Waals surface area contributed by atoms with Crippen molar-refractivity contribution in [3.8, 4) is 0 Å². The molecule has 1 aromatic rings. The molecule has 236 valence electrons. The molecule has 42 heavy (non-hydrogen) atoms. The van der Waals surface area contributed by atoms with E-state index in [4.69, 9.17) is 0 Å². The van der Waals surface area contributed by atoms with E-state index in [1.54, 1.807) is 5.32 Å². The van der Waals surface area contributed by atoms with Gasteiger partial charge in [0.05, 0.1) is 24.5 Å². The molecule has 4 amide bonds. The maximum absolute atomic E-state index is 13.4. The fourth-order valence-corrected chi connectivity index (χ4v) is 3.30. The number of benzene rings is 1. The Kier molecular flexibility index (Phi) is 9.60. The number of hydrogen-bond donors (Lipinski definition) is 3. The van der Waals surface area contributed by atoms with Crippen molar-refractivity contribution >= 4 is 35.2 Å². The Balaban J connectivity index is 2.43. The fraction of sp³-hybridized carbons (Fsp3) is 0.524. The topological polar surface area (TPSA) is 128 Å². The third kappa shape index (κ3) is 8.32. The third-order valence-corrected chi connectivity index (χ3v) is 5.38. The highest BCUT2D eigenvalue weighted by Crippen LogP contribution is 2.36. The highest BCUT2D eigenvalue weighted by Gasteiger charge is 2.58. The van der Waals surface area contributed by atoms with Gasteiger partial charge < -0.3 is 20.5 Å². The van der Waals surface area contributed by atoms with Crippen molar-refractivity contribution in [2.75, 3.05) is 36.0 Å². The van der Waals surface area contributed by atoms with E-state index in [9.17, 15) is 72.6 Å². The van der Waals surface area contributed by atoms with Gasteiger partial charge in [0.15, 0.2) is 6.61 Å². The Morgan fingerprint density at radius 2 is 1.48 bits per heavy atom. The van der Waals surface area contributed by atoms with Crippen LogP contribution in [-0.4, -0.2) is 91.3 Å². The molecule has 0 bridgehead atoms. The second-order valence-electron chi connectivity index (χ2n) is 8.79. The van der Waals surface area contributed by atoms with Crippen LogP contribution in [0.25, 0.3) is 0 Å². The molecule has 0 fully saturated rings. The van der Waals surface area contributed by atoms with E-state index in [2.05, 4.69) is 4.74 Å². The lowest BCUT2D eigenvalue weighted by Gasteiger charge is -2.29. The van der Waals surface area contributed by atoms with Crippen molar-refractivity contribution < 1.29 is 77.3 Å². The fourth-order valence-electron chi connectivity index (χ4n) is 3.30. The summed E-state index contributed by atoms with van der Waals surface area (Å²) in [7, 11) is 0. The van der Waals surface area contributed by atoms with Crippen LogP contribution < -0.4 is 20.4 Å². The summed E-state index contributed by atoms with van der Waals surface area (Å²) in [5.74, 6) is -11.4. The molecule has 0 aromatic heterocycles. The first-order valence-electron chi connectivity index (χ1n) is 11.1. The summed E-state index contributed by atoms with van der Waals surface area (Å²) in [6, 6.07) is 1.60. The molecule has 0 aliphatic carbocycles. The molecular weight excluding hydrogens is 613 g/mol.